The Labute approximate surface area is 269 Å². The lowest BCUT2D eigenvalue weighted by Gasteiger charge is -2.71. The first kappa shape index (κ1) is 32.3. The van der Waals surface area contributed by atoms with Crippen LogP contribution < -0.4 is 0 Å². The Hall–Kier alpha value is -2.60. The molecule has 5 aliphatic rings. The normalized spacial score (nSPS) is 41.5. The fraction of sp³-hybridized carbons (Fsp3) is 0.692. The van der Waals surface area contributed by atoms with E-state index in [4.69, 9.17) is 4.74 Å². The number of aliphatic carboxylic acids is 1. The van der Waals surface area contributed by atoms with Gasteiger partial charge in [0.1, 0.15) is 12.4 Å². The molecule has 0 spiro atoms. The molecule has 0 unspecified atom stereocenters. The van der Waals surface area contributed by atoms with Crippen LogP contribution in [-0.2, 0) is 14.3 Å². The Bertz CT molecular complexity index is 1400. The Morgan fingerprint density at radius 1 is 0.911 bits per heavy atom. The van der Waals surface area contributed by atoms with Crippen molar-refractivity contribution in [1.82, 2.24) is 0 Å². The van der Waals surface area contributed by atoms with E-state index in [1.165, 1.54) is 11.6 Å². The highest BCUT2D eigenvalue weighted by molar-refractivity contribution is 5.87. The van der Waals surface area contributed by atoms with Gasteiger partial charge in [-0.3, -0.25) is 4.79 Å². The van der Waals surface area contributed by atoms with Crippen molar-refractivity contribution in [3.05, 3.63) is 47.6 Å². The average molecular weight is 619 g/mol. The summed E-state index contributed by atoms with van der Waals surface area (Å²) in [5, 5.41) is 31.5. The molecule has 0 aliphatic heterocycles. The Kier molecular flexibility index (Phi) is 7.70. The molecule has 4 saturated carbocycles. The molecule has 1 aromatic rings. The Morgan fingerprint density at radius 3 is 2.29 bits per heavy atom. The van der Waals surface area contributed by atoms with Crippen molar-refractivity contribution < 1.29 is 29.6 Å². The molecule has 1 aromatic carbocycles. The third-order valence-electron chi connectivity index (χ3n) is 14.5. The monoisotopic (exact) mass is 618 g/mol. The number of allylic oxidation sites excluding steroid dienone is 1. The van der Waals surface area contributed by atoms with Gasteiger partial charge in [-0.05, 0) is 127 Å². The van der Waals surface area contributed by atoms with Crippen LogP contribution in [0.4, 0.5) is 0 Å². The summed E-state index contributed by atoms with van der Waals surface area (Å²) in [6, 6.07) is 6.69. The minimum Gasteiger partial charge on any atom is -0.508 e. The van der Waals surface area contributed by atoms with Gasteiger partial charge in [0.2, 0.25) is 0 Å². The second-order valence-corrected chi connectivity index (χ2v) is 17.3. The van der Waals surface area contributed by atoms with Crippen LogP contribution in [0.3, 0.4) is 0 Å². The maximum absolute atomic E-state index is 13.3. The largest absolute Gasteiger partial charge is 0.508 e. The highest BCUT2D eigenvalue weighted by Gasteiger charge is 2.70. The molecule has 246 valence electrons. The standard InChI is InChI=1S/C39H54O6/c1-34(2)19-20-38(33(43)44)21-22-39(24-45-32(42)14-9-25-7-10-26(40)11-8-25)27(28(38)23-34)12-13-30-36(5)17-16-31(41)35(3,4)29(36)15-18-37(30,39)6/h7-12,14,28-31,40-41H,13,15-24H2,1-6H3,(H,43,44)/t28-,29+,30-,31+,36+,37-,38+,39+/m1/s1. The van der Waals surface area contributed by atoms with Gasteiger partial charge < -0.3 is 20.1 Å². The average Bonchev–Trinajstić information content (AvgIpc) is 2.97. The van der Waals surface area contributed by atoms with E-state index in [1.807, 2.05) is 0 Å². The number of carboxylic acid groups (broad SMARTS) is 1. The van der Waals surface area contributed by atoms with E-state index in [0.29, 0.717) is 31.1 Å². The summed E-state index contributed by atoms with van der Waals surface area (Å²) >= 11 is 0. The van der Waals surface area contributed by atoms with Crippen LogP contribution in [0.5, 0.6) is 5.75 Å². The van der Waals surface area contributed by atoms with Crippen LogP contribution >= 0.6 is 0 Å². The number of aliphatic hydroxyl groups is 1. The van der Waals surface area contributed by atoms with Gasteiger partial charge in [0.15, 0.2) is 0 Å². The minimum absolute atomic E-state index is 0.0285. The number of phenolic OH excluding ortho intramolecular Hbond substituents is 1. The molecule has 6 heteroatoms. The van der Waals surface area contributed by atoms with Crippen LogP contribution in [0, 0.1) is 50.2 Å². The van der Waals surface area contributed by atoms with E-state index in [2.05, 4.69) is 47.6 Å². The number of fused-ring (bicyclic) bond motifs is 7. The van der Waals surface area contributed by atoms with Crippen LogP contribution in [-0.4, -0.2) is 40.0 Å². The van der Waals surface area contributed by atoms with E-state index in [0.717, 1.165) is 50.5 Å². The molecule has 45 heavy (non-hydrogen) atoms. The van der Waals surface area contributed by atoms with Gasteiger partial charge in [-0.25, -0.2) is 4.79 Å². The summed E-state index contributed by atoms with van der Waals surface area (Å²) < 4.78 is 6.25. The van der Waals surface area contributed by atoms with E-state index < -0.39 is 22.8 Å². The number of aliphatic hydroxyl groups excluding tert-OH is 1. The first-order valence-corrected chi connectivity index (χ1v) is 17.3. The number of rotatable bonds is 5. The van der Waals surface area contributed by atoms with Crippen molar-refractivity contribution in [1.29, 1.82) is 0 Å². The summed E-state index contributed by atoms with van der Waals surface area (Å²) in [7, 11) is 0. The van der Waals surface area contributed by atoms with Crippen molar-refractivity contribution in [2.75, 3.05) is 6.61 Å². The molecule has 5 aliphatic carbocycles. The van der Waals surface area contributed by atoms with Gasteiger partial charge >= 0.3 is 11.9 Å². The number of aromatic hydroxyl groups is 1. The van der Waals surface area contributed by atoms with Gasteiger partial charge in [0.25, 0.3) is 0 Å². The predicted molar refractivity (Wildman–Crippen MR) is 175 cm³/mol. The van der Waals surface area contributed by atoms with Crippen LogP contribution in [0.1, 0.15) is 111 Å². The molecule has 4 fully saturated rings. The lowest BCUT2D eigenvalue weighted by Crippen LogP contribution is -2.66. The molecule has 0 saturated heterocycles. The van der Waals surface area contributed by atoms with Gasteiger partial charge in [-0.1, -0.05) is 65.3 Å². The fourth-order valence-electron chi connectivity index (χ4n) is 11.7. The third kappa shape index (κ3) is 4.83. The van der Waals surface area contributed by atoms with Gasteiger partial charge in [-0.15, -0.1) is 0 Å². The second-order valence-electron chi connectivity index (χ2n) is 17.3. The minimum atomic E-state index is -0.769. The van der Waals surface area contributed by atoms with E-state index in [1.54, 1.807) is 30.3 Å². The van der Waals surface area contributed by atoms with Gasteiger partial charge in [-0.2, -0.15) is 0 Å². The topological polar surface area (TPSA) is 104 Å². The SMILES string of the molecule is CC1(C)CC[C@]2(C(=O)O)CC[C@]3(COC(=O)C=Cc4ccc(O)cc4)C(=CC[C@@H]4[C@@]5(C)CC[C@H](O)C(C)(C)[C@@H]5CC[C@]43C)[C@H]2C1. The molecule has 0 heterocycles. The van der Waals surface area contributed by atoms with E-state index in [9.17, 15) is 24.9 Å². The second kappa shape index (κ2) is 10.7. The molecular weight excluding hydrogens is 564 g/mol. The van der Waals surface area contributed by atoms with Crippen LogP contribution in [0.15, 0.2) is 42.0 Å². The van der Waals surface area contributed by atoms with Crippen LogP contribution in [0.2, 0.25) is 0 Å². The van der Waals surface area contributed by atoms with E-state index in [-0.39, 0.29) is 46.0 Å². The number of carbonyl (C=O) groups excluding carboxylic acids is 1. The maximum Gasteiger partial charge on any atom is 0.330 e. The van der Waals surface area contributed by atoms with Crippen molar-refractivity contribution in [2.24, 2.45) is 50.2 Å². The number of hydrogen-bond acceptors (Lipinski definition) is 5. The first-order chi connectivity index (χ1) is 21.0. The molecule has 0 amide bonds. The number of benzene rings is 1. The van der Waals surface area contributed by atoms with Crippen LogP contribution in [0.25, 0.3) is 6.08 Å². The molecule has 6 nitrogen and oxygen atoms in total. The lowest BCUT2D eigenvalue weighted by molar-refractivity contribution is -0.217. The first-order valence-electron chi connectivity index (χ1n) is 17.3. The lowest BCUT2D eigenvalue weighted by atomic mass is 9.33. The number of carboxylic acids is 1. The Morgan fingerprint density at radius 2 is 1.60 bits per heavy atom. The summed E-state index contributed by atoms with van der Waals surface area (Å²) in [4.78, 5) is 26.5. The number of ether oxygens (including phenoxy) is 1. The van der Waals surface area contributed by atoms with Gasteiger partial charge in [0, 0.05) is 11.5 Å². The molecule has 0 bridgehead atoms. The molecule has 0 aromatic heterocycles. The predicted octanol–water partition coefficient (Wildman–Crippen LogP) is 8.18. The zero-order valence-corrected chi connectivity index (χ0v) is 28.2. The molecule has 3 N–H and O–H groups in total. The van der Waals surface area contributed by atoms with Crippen molar-refractivity contribution in [3.63, 3.8) is 0 Å². The summed E-state index contributed by atoms with van der Waals surface area (Å²) in [5.74, 6) is -0.232. The van der Waals surface area contributed by atoms with E-state index >= 15 is 0 Å². The Balaban J connectivity index is 1.41. The summed E-state index contributed by atoms with van der Waals surface area (Å²) in [6.45, 7) is 14.2. The quantitative estimate of drug-likeness (QED) is 0.175. The molecule has 6 rings (SSSR count). The molecule has 0 radical (unpaired) electrons. The number of hydrogen-bond donors (Lipinski definition) is 3. The molecule has 8 atom stereocenters. The molecular formula is C39H54O6. The van der Waals surface area contributed by atoms with Crippen molar-refractivity contribution in [2.45, 2.75) is 112 Å². The zero-order valence-electron chi connectivity index (χ0n) is 28.2. The fourth-order valence-corrected chi connectivity index (χ4v) is 11.7. The highest BCUT2D eigenvalue weighted by atomic mass is 16.5. The number of carbonyl (C=O) groups is 2. The van der Waals surface area contributed by atoms with Crippen molar-refractivity contribution >= 4 is 18.0 Å². The summed E-state index contributed by atoms with van der Waals surface area (Å²) in [5.41, 5.74) is 0.564. The van der Waals surface area contributed by atoms with Gasteiger partial charge in [0.05, 0.1) is 11.5 Å². The summed E-state index contributed by atoms with van der Waals surface area (Å²) in [6.07, 6.45) is 13.7. The highest BCUT2D eigenvalue weighted by Crippen LogP contribution is 2.76. The zero-order chi connectivity index (χ0) is 32.6. The number of phenols is 1. The number of esters is 1. The maximum atomic E-state index is 13.3. The third-order valence-corrected chi connectivity index (χ3v) is 14.5. The van der Waals surface area contributed by atoms with Crippen molar-refractivity contribution in [3.8, 4) is 5.75 Å². The smallest absolute Gasteiger partial charge is 0.330 e.